The van der Waals surface area contributed by atoms with Gasteiger partial charge in [-0.3, -0.25) is 20.4 Å². The molecule has 7 heteroatoms. The Kier molecular flexibility index (Phi) is 7.18. The molecular weight excluding hydrogens is 338 g/mol. The molecule has 0 aromatic heterocycles. The van der Waals surface area contributed by atoms with Gasteiger partial charge >= 0.3 is 0 Å². The third kappa shape index (κ3) is 6.70. The first kappa shape index (κ1) is 19.2. The van der Waals surface area contributed by atoms with Gasteiger partial charge in [-0.1, -0.05) is 25.3 Å². The van der Waals surface area contributed by atoms with Crippen molar-refractivity contribution in [3.63, 3.8) is 0 Å². The number of carbonyl (C=O) groups excluding carboxylic acids is 2. The molecule has 1 aliphatic carbocycles. The number of thiocarbonyl (C=S) groups is 1. The predicted molar refractivity (Wildman–Crippen MR) is 100 cm³/mol. The Hall–Kier alpha value is -2.15. The summed E-state index contributed by atoms with van der Waals surface area (Å²) in [6.07, 6.45) is 5.12. The van der Waals surface area contributed by atoms with Crippen molar-refractivity contribution in [2.24, 2.45) is 5.92 Å². The van der Waals surface area contributed by atoms with E-state index in [-0.39, 0.29) is 29.5 Å². The second kappa shape index (κ2) is 9.36. The fraction of sp³-hybridized carbons (Fsp3) is 0.500. The van der Waals surface area contributed by atoms with Crippen molar-refractivity contribution >= 4 is 29.1 Å². The lowest BCUT2D eigenvalue weighted by Crippen LogP contribution is -2.50. The maximum Gasteiger partial charge on any atom is 0.276 e. The number of ether oxygens (including phenoxy) is 1. The van der Waals surface area contributed by atoms with E-state index in [4.69, 9.17) is 17.0 Å². The Morgan fingerprint density at radius 2 is 1.72 bits per heavy atom. The van der Waals surface area contributed by atoms with E-state index in [0.29, 0.717) is 5.75 Å². The first-order valence-corrected chi connectivity index (χ1v) is 8.95. The van der Waals surface area contributed by atoms with E-state index >= 15 is 0 Å². The number of nitrogens with one attached hydrogen (secondary N) is 3. The quantitative estimate of drug-likeness (QED) is 0.565. The minimum Gasteiger partial charge on any atom is -0.484 e. The largest absolute Gasteiger partial charge is 0.484 e. The standard InChI is InChI=1S/C18H25N3O3S/c1-12-8-13(2)10-15(9-12)24-11-16(22)20-21-18(25)19-17(23)14-6-4-3-5-7-14/h8-10,14H,3-7,11H2,1-2H3,(H,20,22)(H2,19,21,23,25). The number of hydrogen-bond donors (Lipinski definition) is 3. The number of hydrogen-bond acceptors (Lipinski definition) is 4. The molecule has 1 aromatic rings. The Balaban J connectivity index is 1.68. The molecular formula is C18H25N3O3S. The van der Waals surface area contributed by atoms with Crippen LogP contribution in [-0.4, -0.2) is 23.5 Å². The normalized spacial score (nSPS) is 14.5. The summed E-state index contributed by atoms with van der Waals surface area (Å²) < 4.78 is 5.46. The van der Waals surface area contributed by atoms with Crippen LogP contribution in [0.4, 0.5) is 0 Å². The van der Waals surface area contributed by atoms with Crippen molar-refractivity contribution < 1.29 is 14.3 Å². The molecule has 0 atom stereocenters. The van der Waals surface area contributed by atoms with Crippen LogP contribution in [0.25, 0.3) is 0 Å². The molecule has 0 bridgehead atoms. The highest BCUT2D eigenvalue weighted by Gasteiger charge is 2.21. The summed E-state index contributed by atoms with van der Waals surface area (Å²) in [6, 6.07) is 5.76. The molecule has 1 fully saturated rings. The van der Waals surface area contributed by atoms with Crippen molar-refractivity contribution in [2.45, 2.75) is 46.0 Å². The van der Waals surface area contributed by atoms with E-state index in [0.717, 1.165) is 36.8 Å². The fourth-order valence-corrected chi connectivity index (χ4v) is 3.09. The maximum atomic E-state index is 12.1. The van der Waals surface area contributed by atoms with E-state index in [1.807, 2.05) is 32.0 Å². The molecule has 0 saturated heterocycles. The van der Waals surface area contributed by atoms with Gasteiger partial charge in [-0.15, -0.1) is 0 Å². The predicted octanol–water partition coefficient (Wildman–Crippen LogP) is 2.28. The number of carbonyl (C=O) groups is 2. The van der Waals surface area contributed by atoms with Crippen molar-refractivity contribution in [3.8, 4) is 5.75 Å². The minimum absolute atomic E-state index is 0.0112. The smallest absolute Gasteiger partial charge is 0.276 e. The molecule has 1 saturated carbocycles. The second-order valence-electron chi connectivity index (χ2n) is 6.44. The third-order valence-corrected chi connectivity index (χ3v) is 4.30. The van der Waals surface area contributed by atoms with E-state index in [1.54, 1.807) is 0 Å². The second-order valence-corrected chi connectivity index (χ2v) is 6.85. The maximum absolute atomic E-state index is 12.1. The lowest BCUT2D eigenvalue weighted by Gasteiger charge is -2.21. The van der Waals surface area contributed by atoms with Gasteiger partial charge in [0, 0.05) is 5.92 Å². The third-order valence-electron chi connectivity index (χ3n) is 4.09. The molecule has 3 N–H and O–H groups in total. The van der Waals surface area contributed by atoms with Gasteiger partial charge in [-0.05, 0) is 62.2 Å². The average molecular weight is 363 g/mol. The molecule has 25 heavy (non-hydrogen) atoms. The SMILES string of the molecule is Cc1cc(C)cc(OCC(=O)NNC(=S)NC(=O)C2CCCCC2)c1. The van der Waals surface area contributed by atoms with E-state index < -0.39 is 0 Å². The Morgan fingerprint density at radius 3 is 2.36 bits per heavy atom. The Bertz CT molecular complexity index is 622. The van der Waals surface area contributed by atoms with Gasteiger partial charge in [-0.2, -0.15) is 0 Å². The van der Waals surface area contributed by atoms with Crippen LogP contribution < -0.4 is 20.9 Å². The zero-order chi connectivity index (χ0) is 18.2. The van der Waals surface area contributed by atoms with Gasteiger partial charge in [0.25, 0.3) is 5.91 Å². The molecule has 6 nitrogen and oxygen atoms in total. The first-order valence-electron chi connectivity index (χ1n) is 8.55. The lowest BCUT2D eigenvalue weighted by atomic mass is 9.89. The zero-order valence-electron chi connectivity index (χ0n) is 14.7. The molecule has 0 unspecified atom stereocenters. The van der Waals surface area contributed by atoms with E-state index in [2.05, 4.69) is 16.2 Å². The van der Waals surface area contributed by atoms with Gasteiger partial charge in [0.1, 0.15) is 5.75 Å². The van der Waals surface area contributed by atoms with Crippen molar-refractivity contribution in [1.29, 1.82) is 0 Å². The lowest BCUT2D eigenvalue weighted by molar-refractivity contribution is -0.125. The monoisotopic (exact) mass is 363 g/mol. The van der Waals surface area contributed by atoms with Crippen LogP contribution in [0.5, 0.6) is 5.75 Å². The summed E-state index contributed by atoms with van der Waals surface area (Å²) in [4.78, 5) is 23.9. The first-order chi connectivity index (χ1) is 11.9. The number of benzene rings is 1. The molecule has 0 radical (unpaired) electrons. The molecule has 2 rings (SSSR count). The van der Waals surface area contributed by atoms with Crippen LogP contribution in [0.3, 0.4) is 0 Å². The van der Waals surface area contributed by atoms with Crippen molar-refractivity contribution in [1.82, 2.24) is 16.2 Å². The van der Waals surface area contributed by atoms with E-state index in [1.165, 1.54) is 6.42 Å². The van der Waals surface area contributed by atoms with Gasteiger partial charge in [0.15, 0.2) is 11.7 Å². The summed E-state index contributed by atoms with van der Waals surface area (Å²) in [6.45, 7) is 3.79. The summed E-state index contributed by atoms with van der Waals surface area (Å²) in [5.41, 5.74) is 7.09. The molecule has 0 spiro atoms. The van der Waals surface area contributed by atoms with Gasteiger partial charge in [0.2, 0.25) is 5.91 Å². The molecule has 2 amide bonds. The van der Waals surface area contributed by atoms with Gasteiger partial charge < -0.3 is 10.1 Å². The number of amides is 2. The van der Waals surface area contributed by atoms with Crippen molar-refractivity contribution in [2.75, 3.05) is 6.61 Å². The average Bonchev–Trinajstić information content (AvgIpc) is 2.58. The highest BCUT2D eigenvalue weighted by atomic mass is 32.1. The van der Waals surface area contributed by atoms with Gasteiger partial charge in [0.05, 0.1) is 0 Å². The molecule has 1 aliphatic rings. The van der Waals surface area contributed by atoms with Crippen LogP contribution in [0, 0.1) is 19.8 Å². The van der Waals surface area contributed by atoms with Crippen LogP contribution in [0.15, 0.2) is 18.2 Å². The fourth-order valence-electron chi connectivity index (χ4n) is 2.94. The zero-order valence-corrected chi connectivity index (χ0v) is 15.5. The van der Waals surface area contributed by atoms with E-state index in [9.17, 15) is 9.59 Å². The highest BCUT2D eigenvalue weighted by molar-refractivity contribution is 7.80. The Morgan fingerprint density at radius 1 is 1.08 bits per heavy atom. The number of rotatable bonds is 4. The van der Waals surface area contributed by atoms with Gasteiger partial charge in [-0.25, -0.2) is 0 Å². The summed E-state index contributed by atoms with van der Waals surface area (Å²) >= 11 is 5.03. The summed E-state index contributed by atoms with van der Waals surface area (Å²) in [5, 5.41) is 2.71. The molecule has 136 valence electrons. The summed E-state index contributed by atoms with van der Waals surface area (Å²) in [7, 11) is 0. The molecule has 0 aliphatic heterocycles. The van der Waals surface area contributed by atoms with Crippen LogP contribution >= 0.6 is 12.2 Å². The molecule has 0 heterocycles. The van der Waals surface area contributed by atoms with Crippen LogP contribution in [0.2, 0.25) is 0 Å². The molecule has 1 aromatic carbocycles. The Labute approximate surface area is 153 Å². The minimum atomic E-state index is -0.381. The van der Waals surface area contributed by atoms with Crippen LogP contribution in [-0.2, 0) is 9.59 Å². The van der Waals surface area contributed by atoms with Crippen LogP contribution in [0.1, 0.15) is 43.2 Å². The number of hydrazine groups is 1. The highest BCUT2D eigenvalue weighted by Crippen LogP contribution is 2.23. The topological polar surface area (TPSA) is 79.5 Å². The summed E-state index contributed by atoms with van der Waals surface area (Å²) in [5.74, 6) is 0.185. The van der Waals surface area contributed by atoms with Crippen molar-refractivity contribution in [3.05, 3.63) is 29.3 Å². The number of aryl methyl sites for hydroxylation is 2.